The van der Waals surface area contributed by atoms with Crippen molar-refractivity contribution in [1.29, 1.82) is 5.26 Å². The maximum atomic E-state index is 12.7. The highest BCUT2D eigenvalue weighted by atomic mass is 35.5. The molecule has 0 radical (unpaired) electrons. The van der Waals surface area contributed by atoms with Gasteiger partial charge < -0.3 is 5.73 Å². The van der Waals surface area contributed by atoms with Crippen LogP contribution in [0.5, 0.6) is 0 Å². The molecule has 0 saturated carbocycles. The van der Waals surface area contributed by atoms with Gasteiger partial charge in [0.2, 0.25) is 0 Å². The van der Waals surface area contributed by atoms with E-state index in [9.17, 15) is 26.3 Å². The van der Waals surface area contributed by atoms with Gasteiger partial charge in [-0.1, -0.05) is 23.2 Å². The normalized spacial score (nSPS) is 12.3. The molecule has 0 atom stereocenters. The number of nitriles is 1. The van der Waals surface area contributed by atoms with Crippen molar-refractivity contribution in [3.8, 4) is 11.8 Å². The minimum atomic E-state index is -4.76. The number of halogens is 8. The fraction of sp³-hybridized carbons (Fsp3) is 0.167. The Balaban J connectivity index is 2.66. The predicted molar refractivity (Wildman–Crippen MR) is 79.6 cm³/mol. The third-order valence-electron chi connectivity index (χ3n) is 2.76. The van der Waals surface area contributed by atoms with Crippen molar-refractivity contribution < 1.29 is 26.3 Å². The quantitative estimate of drug-likeness (QED) is 0.307. The zero-order chi connectivity index (χ0) is 19.2. The number of aromatic nitrogens is 2. The molecular weight excluding hydrogens is 423 g/mol. The van der Waals surface area contributed by atoms with E-state index in [1.807, 2.05) is 0 Å². The summed E-state index contributed by atoms with van der Waals surface area (Å²) in [6.07, 6.45) is -4.74. The van der Waals surface area contributed by atoms with Crippen LogP contribution in [0.3, 0.4) is 0 Å². The highest BCUT2D eigenvalue weighted by molar-refractivity contribution is 8.00. The first-order chi connectivity index (χ1) is 11.3. The molecule has 0 aliphatic rings. The number of alkyl halides is 6. The largest absolute Gasteiger partial charge is 0.446 e. The molecule has 1 aromatic carbocycles. The van der Waals surface area contributed by atoms with Gasteiger partial charge in [0.25, 0.3) is 0 Å². The van der Waals surface area contributed by atoms with Crippen molar-refractivity contribution in [2.45, 2.75) is 16.6 Å². The van der Waals surface area contributed by atoms with Gasteiger partial charge in [0, 0.05) is 0 Å². The zero-order valence-electron chi connectivity index (χ0n) is 11.5. The lowest BCUT2D eigenvalue weighted by atomic mass is 10.2. The van der Waals surface area contributed by atoms with Crippen molar-refractivity contribution in [2.75, 3.05) is 5.73 Å². The van der Waals surface area contributed by atoms with Gasteiger partial charge in [-0.25, -0.2) is 4.68 Å². The molecule has 2 aromatic rings. The van der Waals surface area contributed by atoms with Crippen LogP contribution in [-0.2, 0) is 6.18 Å². The standard InChI is InChI=1S/C12H4Cl2F6N4S/c13-5-1-4(11(15,16)17)2-6(14)8(5)24-10(22)9(7(3-21)23-24)25-12(18,19)20/h1-2H,22H2/i3+1,7+1,9+1,10+1,21+1,22+1. The summed E-state index contributed by atoms with van der Waals surface area (Å²) >= 11 is 10.9. The summed E-state index contributed by atoms with van der Waals surface area (Å²) in [5.41, 5.74) is -1.41. The second-order valence-electron chi connectivity index (χ2n) is 4.42. The smallest absolute Gasteiger partial charge is 0.383 e. The highest BCUT2D eigenvalue weighted by Gasteiger charge is 2.35. The highest BCUT2D eigenvalue weighted by Crippen LogP contribution is 2.44. The second-order valence-corrected chi connectivity index (χ2v) is 6.31. The molecule has 1 heterocycles. The van der Waals surface area contributed by atoms with Crippen molar-refractivity contribution in [2.24, 2.45) is 0 Å². The van der Waals surface area contributed by atoms with Crippen LogP contribution >= 0.6 is 35.0 Å². The molecule has 25 heavy (non-hydrogen) atoms. The lowest BCUT2D eigenvalue weighted by Crippen LogP contribution is -2.09. The zero-order valence-corrected chi connectivity index (χ0v) is 13.8. The number of hydrogen-bond acceptors (Lipinski definition) is 4. The van der Waals surface area contributed by atoms with Crippen LogP contribution in [0.2, 0.25) is 10.0 Å². The first-order valence-electron chi connectivity index (χ1n) is 5.96. The molecule has 134 valence electrons. The summed E-state index contributed by atoms with van der Waals surface area (Å²) < 4.78 is 76.5. The first-order valence-corrected chi connectivity index (χ1v) is 7.53. The van der Waals surface area contributed by atoms with Crippen LogP contribution < -0.4 is 5.73 Å². The number of hydrogen-bond donors (Lipinski definition) is 1. The van der Waals surface area contributed by atoms with Gasteiger partial charge in [0.05, 0.1) is 20.5 Å². The number of anilines is 1. The molecule has 0 spiro atoms. The topological polar surface area (TPSA) is 67.6 Å². The molecule has 0 saturated heterocycles. The average Bonchev–Trinajstić information content (AvgIpc) is 2.73. The minimum absolute atomic E-state index is 0.376. The SMILES string of the molecule is [15N]#[13C][13c]1nn(-c2c(Cl)cc(C(F)(F)F)cc2Cl)[13c]([15NH2])[13c]1SC(F)(F)F. The van der Waals surface area contributed by atoms with Gasteiger partial charge in [-0.15, -0.1) is 0 Å². The van der Waals surface area contributed by atoms with E-state index in [1.165, 1.54) is 6.07 Å². The summed E-state index contributed by atoms with van der Waals surface area (Å²) in [6, 6.07) is 2.47. The van der Waals surface area contributed by atoms with Crippen LogP contribution in [0.4, 0.5) is 32.2 Å². The summed E-state index contributed by atoms with van der Waals surface area (Å²) in [6.45, 7) is 0. The molecule has 1 aromatic heterocycles. The number of thioether (sulfide) groups is 1. The number of nitrogens with zero attached hydrogens (tertiary/aromatic N) is 3. The molecule has 0 aliphatic heterocycles. The Hall–Kier alpha value is -1.77. The van der Waals surface area contributed by atoms with E-state index in [0.29, 0.717) is 16.8 Å². The van der Waals surface area contributed by atoms with E-state index >= 15 is 0 Å². The average molecular weight is 427 g/mol. The molecule has 0 unspecified atom stereocenters. The van der Waals surface area contributed by atoms with Crippen molar-refractivity contribution in [3.63, 3.8) is 0 Å². The summed E-state index contributed by atoms with van der Waals surface area (Å²) in [4.78, 5) is -0.706. The van der Waals surface area contributed by atoms with Crippen LogP contribution in [-0.4, -0.2) is 15.3 Å². The molecule has 2 N–H and O–H groups in total. The first kappa shape index (κ1) is 19.6. The van der Waals surface area contributed by atoms with E-state index in [2.05, 4.69) is 5.10 Å². The number of rotatable bonds is 2. The van der Waals surface area contributed by atoms with E-state index in [1.54, 1.807) is 0 Å². The molecule has 2 rings (SSSR count). The third kappa shape index (κ3) is 4.08. The lowest BCUT2D eigenvalue weighted by Gasteiger charge is -2.13. The molecule has 0 amide bonds. The molecule has 0 fully saturated rings. The number of benzene rings is 1. The molecule has 13 heteroatoms. The molecular formula is C12H4Cl2F6N4S. The van der Waals surface area contributed by atoms with Gasteiger partial charge >= 0.3 is 11.7 Å². The Kier molecular flexibility index (Phi) is 5.09. The number of nitrogens with two attached hydrogens (primary N) is 1. The Morgan fingerprint density at radius 3 is 2.04 bits per heavy atom. The van der Waals surface area contributed by atoms with Gasteiger partial charge in [-0.05, 0) is 23.9 Å². The Morgan fingerprint density at radius 1 is 1.12 bits per heavy atom. The van der Waals surface area contributed by atoms with Crippen LogP contribution in [0, 0.1) is 11.3 Å². The Morgan fingerprint density at radius 2 is 1.64 bits per heavy atom. The van der Waals surface area contributed by atoms with E-state index in [0.717, 1.165) is 0 Å². The third-order valence-corrected chi connectivity index (χ3v) is 4.17. The van der Waals surface area contributed by atoms with Gasteiger partial charge in [-0.2, -0.15) is 36.7 Å². The van der Waals surface area contributed by atoms with Crippen LogP contribution in [0.25, 0.3) is 5.69 Å². The predicted octanol–water partition coefficient (Wildman–Crippen LogP) is 5.26. The van der Waals surface area contributed by atoms with Gasteiger partial charge in [0.15, 0.2) is 5.69 Å². The minimum Gasteiger partial charge on any atom is -0.383 e. The lowest BCUT2D eigenvalue weighted by molar-refractivity contribution is -0.137. The van der Waals surface area contributed by atoms with E-state index in [4.69, 9.17) is 34.2 Å². The van der Waals surface area contributed by atoms with Crippen LogP contribution in [0.1, 0.15) is 11.3 Å². The van der Waals surface area contributed by atoms with E-state index in [-0.39, 0.29) is 5.69 Å². The Labute approximate surface area is 150 Å². The van der Waals surface area contributed by atoms with Gasteiger partial charge in [-0.3, -0.25) is 0 Å². The summed E-state index contributed by atoms with van der Waals surface area (Å²) in [7, 11) is 0. The van der Waals surface area contributed by atoms with Crippen molar-refractivity contribution >= 4 is 40.8 Å². The maximum Gasteiger partial charge on any atom is 0.446 e. The Bertz CT molecular complexity index is 845. The summed E-state index contributed by atoms with van der Waals surface area (Å²) in [5.74, 6) is -0.637. The van der Waals surface area contributed by atoms with Gasteiger partial charge in [0.1, 0.15) is 17.6 Å². The van der Waals surface area contributed by atoms with Crippen molar-refractivity contribution in [1.82, 2.24) is 9.78 Å². The summed E-state index contributed by atoms with van der Waals surface area (Å²) in [5, 5.41) is 11.4. The fourth-order valence-corrected chi connectivity index (χ4v) is 3.06. The molecule has 0 bridgehead atoms. The van der Waals surface area contributed by atoms with Crippen molar-refractivity contribution in [3.05, 3.63) is 33.4 Å². The maximum absolute atomic E-state index is 12.7. The second kappa shape index (κ2) is 6.51. The number of nitrogen functional groups attached to an aromatic ring is 1. The van der Waals surface area contributed by atoms with Crippen LogP contribution in [0.15, 0.2) is 17.0 Å². The monoisotopic (exact) mass is 426 g/mol. The molecule has 4 nitrogen and oxygen atoms in total. The fourth-order valence-electron chi connectivity index (χ4n) is 1.81. The van der Waals surface area contributed by atoms with E-state index < -0.39 is 55.5 Å². The molecule has 0 aliphatic carbocycles.